The van der Waals surface area contributed by atoms with E-state index in [-0.39, 0.29) is 28.8 Å². The molecule has 18 heavy (non-hydrogen) atoms. The van der Waals surface area contributed by atoms with Crippen molar-refractivity contribution in [2.75, 3.05) is 13.1 Å². The van der Waals surface area contributed by atoms with Crippen LogP contribution in [0.2, 0.25) is 0 Å². The predicted octanol–water partition coefficient (Wildman–Crippen LogP) is -0.797. The van der Waals surface area contributed by atoms with Gasteiger partial charge < -0.3 is 17.0 Å². The molecule has 0 radical (unpaired) electrons. The number of halogens is 1. The van der Waals surface area contributed by atoms with Crippen LogP contribution in [0.1, 0.15) is 53.4 Å². The minimum absolute atomic E-state index is 0. The Balaban J connectivity index is 0. The fourth-order valence-corrected chi connectivity index (χ4v) is 4.72. The zero-order valence-corrected chi connectivity index (χ0v) is 16.6. The average Bonchev–Trinajstić information content (AvgIpc) is 2.31. The molecule has 0 heterocycles. The van der Waals surface area contributed by atoms with Crippen molar-refractivity contribution in [1.29, 1.82) is 0 Å². The van der Waals surface area contributed by atoms with Gasteiger partial charge in [0.15, 0.2) is 0 Å². The molecule has 2 amide bonds. The van der Waals surface area contributed by atoms with E-state index in [1.807, 2.05) is 29.7 Å². The molecule has 0 aromatic heterocycles. The van der Waals surface area contributed by atoms with E-state index in [1.54, 1.807) is 0 Å². The van der Waals surface area contributed by atoms with Crippen LogP contribution in [0.4, 0.5) is 0 Å². The number of carbonyl (C=O) groups excluding carboxylic acids is 2. The van der Waals surface area contributed by atoms with Crippen molar-refractivity contribution >= 4 is 11.8 Å². The van der Waals surface area contributed by atoms with Gasteiger partial charge in [0, 0.05) is 0 Å². The van der Waals surface area contributed by atoms with Crippen molar-refractivity contribution in [2.24, 2.45) is 0 Å². The molecule has 0 aromatic rings. The summed E-state index contributed by atoms with van der Waals surface area (Å²) in [6.07, 6.45) is 2.99. The van der Waals surface area contributed by atoms with Gasteiger partial charge in [0.25, 0.3) is 0 Å². The Morgan fingerprint density at radius 3 is 1.39 bits per heavy atom. The Morgan fingerprint density at radius 1 is 0.833 bits per heavy atom. The third-order valence-electron chi connectivity index (χ3n) is 2.40. The van der Waals surface area contributed by atoms with E-state index in [2.05, 4.69) is 0 Å². The topological polar surface area (TPSA) is 40.6 Å². The van der Waals surface area contributed by atoms with Crippen molar-refractivity contribution in [3.63, 3.8) is 0 Å². The Labute approximate surface area is 143 Å². The van der Waals surface area contributed by atoms with Gasteiger partial charge >= 0.3 is 127 Å². The van der Waals surface area contributed by atoms with E-state index >= 15 is 0 Å². The average molecular weight is 452 g/mol. The van der Waals surface area contributed by atoms with Gasteiger partial charge in [-0.3, -0.25) is 0 Å². The third kappa shape index (κ3) is 8.04. The van der Waals surface area contributed by atoms with E-state index < -0.39 is 37.5 Å². The Hall–Kier alpha value is 0.771. The van der Waals surface area contributed by atoms with Gasteiger partial charge in [-0.25, -0.2) is 0 Å². The van der Waals surface area contributed by atoms with Crippen LogP contribution in [0.25, 0.3) is 0 Å². The zero-order valence-electron chi connectivity index (χ0n) is 11.8. The van der Waals surface area contributed by atoms with E-state index in [1.165, 1.54) is 0 Å². The van der Waals surface area contributed by atoms with Gasteiger partial charge in [0.05, 0.1) is 0 Å². The number of hydrogen-bond acceptors (Lipinski definition) is 2. The second-order valence-corrected chi connectivity index (χ2v) is 7.98. The fourth-order valence-electron chi connectivity index (χ4n) is 1.45. The van der Waals surface area contributed by atoms with Crippen molar-refractivity contribution in [2.45, 2.75) is 53.4 Å². The summed E-state index contributed by atoms with van der Waals surface area (Å²) >= 11 is -1.47. The summed E-state index contributed by atoms with van der Waals surface area (Å²) in [4.78, 5) is 23.7. The molecule has 0 saturated heterocycles. The fraction of sp³-hybridized carbons (Fsp3) is 0.833. The van der Waals surface area contributed by atoms with Crippen LogP contribution in [0, 0.1) is 37.5 Å². The molecule has 0 aliphatic heterocycles. The summed E-state index contributed by atoms with van der Waals surface area (Å²) in [5.41, 5.74) is 0. The largest absolute Gasteiger partial charge is 1.00 e. The molecule has 0 aliphatic carbocycles. The third-order valence-corrected chi connectivity index (χ3v) is 7.58. The first kappa shape index (κ1) is 21.1. The summed E-state index contributed by atoms with van der Waals surface area (Å²) in [5.74, 6) is 0.446. The number of carbonyl (C=O) groups is 2. The monoisotopic (exact) mass is 449 g/mol. The Morgan fingerprint density at radius 2 is 1.17 bits per heavy atom. The maximum Gasteiger partial charge on any atom is -1.00 e. The molecule has 0 fully saturated rings. The molecule has 4 nitrogen and oxygen atoms in total. The van der Waals surface area contributed by atoms with Crippen molar-refractivity contribution < 1.29 is 64.1 Å². The number of nitrogens with zero attached hydrogens (tertiary/aromatic N) is 2. The van der Waals surface area contributed by atoms with Gasteiger partial charge in [-0.15, -0.1) is 0 Å². The Kier molecular flexibility index (Phi) is 15.0. The zero-order chi connectivity index (χ0) is 13.3. The minimum atomic E-state index is -1.47. The number of rotatable bonds is 8. The number of hydrogen-bond donors (Lipinski definition) is 0. The standard InChI is InChI=1S/2C6H13NO.BrH.Nd/c2*1-3-5-6(8)7-4-2;;/h2*3-5H2,1-2H3,(H,7,8);1H;/q;;;+3/p-3. The summed E-state index contributed by atoms with van der Waals surface area (Å²) in [7, 11) is 0. The first-order valence-corrected chi connectivity index (χ1v) is 9.34. The van der Waals surface area contributed by atoms with Crippen LogP contribution in [0.15, 0.2) is 0 Å². The summed E-state index contributed by atoms with van der Waals surface area (Å²) < 4.78 is 3.89. The molecule has 0 bridgehead atoms. The molecule has 0 N–H and O–H groups in total. The van der Waals surface area contributed by atoms with Gasteiger partial charge in [0.2, 0.25) is 0 Å². The first-order chi connectivity index (χ1) is 8.10. The van der Waals surface area contributed by atoms with Crippen LogP contribution in [-0.2, 0) is 9.59 Å². The summed E-state index contributed by atoms with van der Waals surface area (Å²) in [6, 6.07) is 0. The molecule has 0 rings (SSSR count). The second-order valence-electron chi connectivity index (χ2n) is 3.88. The van der Waals surface area contributed by atoms with Gasteiger partial charge in [-0.1, -0.05) is 0 Å². The first-order valence-electron chi connectivity index (χ1n) is 6.47. The molecule has 0 aliphatic rings. The van der Waals surface area contributed by atoms with E-state index in [4.69, 9.17) is 0 Å². The van der Waals surface area contributed by atoms with Crippen LogP contribution >= 0.6 is 0 Å². The molecule has 0 saturated carbocycles. The smallest absolute Gasteiger partial charge is 1.00 e. The Bertz CT molecular complexity index is 228. The van der Waals surface area contributed by atoms with E-state index in [9.17, 15) is 9.59 Å². The van der Waals surface area contributed by atoms with Crippen LogP contribution < -0.4 is 17.0 Å². The predicted molar refractivity (Wildman–Crippen MR) is 64.6 cm³/mol. The van der Waals surface area contributed by atoms with Crippen LogP contribution in [0.5, 0.6) is 0 Å². The summed E-state index contributed by atoms with van der Waals surface area (Å²) in [5, 5.41) is 0. The quantitative estimate of drug-likeness (QED) is 0.484. The summed E-state index contributed by atoms with van der Waals surface area (Å²) in [6.45, 7) is 9.52. The molecular formula is C12H24BrN2NdO2. The van der Waals surface area contributed by atoms with E-state index in [0.29, 0.717) is 12.8 Å². The van der Waals surface area contributed by atoms with E-state index in [0.717, 1.165) is 25.9 Å². The van der Waals surface area contributed by atoms with Crippen LogP contribution in [-0.4, -0.2) is 26.9 Å². The molecular weight excluding hydrogens is 428 g/mol. The van der Waals surface area contributed by atoms with Gasteiger partial charge in [-0.2, -0.15) is 0 Å². The minimum Gasteiger partial charge on any atom is -1.00 e. The maximum absolute atomic E-state index is 11.8. The SMILES string of the molecule is CCCC(=O)[N](CC)[Nd+][N](CC)C(=O)CCC.[Br-]. The second kappa shape index (κ2) is 12.8. The number of amides is 2. The van der Waals surface area contributed by atoms with Crippen LogP contribution in [0.3, 0.4) is 0 Å². The molecule has 105 valence electrons. The normalized spacial score (nSPS) is 9.11. The molecule has 0 atom stereocenters. The van der Waals surface area contributed by atoms with Crippen molar-refractivity contribution in [3.8, 4) is 0 Å². The molecule has 0 unspecified atom stereocenters. The van der Waals surface area contributed by atoms with Crippen molar-refractivity contribution in [3.05, 3.63) is 0 Å². The van der Waals surface area contributed by atoms with Gasteiger partial charge in [-0.05, 0) is 0 Å². The molecule has 0 spiro atoms. The maximum atomic E-state index is 11.8. The van der Waals surface area contributed by atoms with Gasteiger partial charge in [0.1, 0.15) is 0 Å². The molecule has 0 aromatic carbocycles. The van der Waals surface area contributed by atoms with Crippen molar-refractivity contribution in [1.82, 2.24) is 1.97 Å². The molecule has 6 heteroatoms.